The first-order chi connectivity index (χ1) is 14.7. The molecule has 31 heavy (non-hydrogen) atoms. The SMILES string of the molecule is CC(=O)NC(C)CCNC(=O)c1cnc(Nc2ncc(C#N)cc2Cl)cc1NC(C)C. The summed E-state index contributed by atoms with van der Waals surface area (Å²) in [5.41, 5.74) is 1.35. The van der Waals surface area contributed by atoms with Crippen molar-refractivity contribution in [3.05, 3.63) is 40.7 Å². The predicted molar refractivity (Wildman–Crippen MR) is 120 cm³/mol. The van der Waals surface area contributed by atoms with Gasteiger partial charge in [0, 0.05) is 44.0 Å². The second-order valence-corrected chi connectivity index (χ2v) is 7.76. The van der Waals surface area contributed by atoms with E-state index >= 15 is 0 Å². The monoisotopic (exact) mass is 443 g/mol. The van der Waals surface area contributed by atoms with Gasteiger partial charge in [0.2, 0.25) is 5.91 Å². The number of nitriles is 1. The van der Waals surface area contributed by atoms with Crippen LogP contribution in [0.3, 0.4) is 0 Å². The Bertz CT molecular complexity index is 988. The summed E-state index contributed by atoms with van der Waals surface area (Å²) in [7, 11) is 0. The van der Waals surface area contributed by atoms with Crippen LogP contribution in [0.1, 0.15) is 50.0 Å². The summed E-state index contributed by atoms with van der Waals surface area (Å²) in [5, 5.41) is 21.1. The number of halogens is 1. The van der Waals surface area contributed by atoms with Gasteiger partial charge < -0.3 is 21.3 Å². The molecular weight excluding hydrogens is 418 g/mol. The van der Waals surface area contributed by atoms with Crippen LogP contribution in [0.4, 0.5) is 17.3 Å². The average Bonchev–Trinajstić information content (AvgIpc) is 2.68. The zero-order chi connectivity index (χ0) is 23.0. The fourth-order valence-electron chi connectivity index (χ4n) is 2.76. The summed E-state index contributed by atoms with van der Waals surface area (Å²) in [6.07, 6.45) is 3.48. The van der Waals surface area contributed by atoms with Gasteiger partial charge in [0.15, 0.2) is 0 Å². The Labute approximate surface area is 186 Å². The molecule has 0 spiro atoms. The highest BCUT2D eigenvalue weighted by atomic mass is 35.5. The molecule has 164 valence electrons. The van der Waals surface area contributed by atoms with Crippen molar-refractivity contribution in [3.8, 4) is 6.07 Å². The van der Waals surface area contributed by atoms with Gasteiger partial charge in [-0.2, -0.15) is 5.26 Å². The molecule has 2 amide bonds. The number of anilines is 3. The highest BCUT2D eigenvalue weighted by Crippen LogP contribution is 2.26. The third kappa shape index (κ3) is 7.42. The van der Waals surface area contributed by atoms with Gasteiger partial charge in [-0.15, -0.1) is 0 Å². The number of rotatable bonds is 9. The van der Waals surface area contributed by atoms with Crippen LogP contribution in [0.5, 0.6) is 0 Å². The Balaban J connectivity index is 2.14. The third-order valence-corrected chi connectivity index (χ3v) is 4.41. The second kappa shape index (κ2) is 11.1. The molecule has 4 N–H and O–H groups in total. The van der Waals surface area contributed by atoms with Crippen molar-refractivity contribution in [1.29, 1.82) is 5.26 Å². The van der Waals surface area contributed by atoms with Crippen molar-refractivity contribution in [2.45, 2.75) is 46.2 Å². The number of nitrogens with one attached hydrogen (secondary N) is 4. The minimum Gasteiger partial charge on any atom is -0.382 e. The molecule has 0 radical (unpaired) electrons. The van der Waals surface area contributed by atoms with E-state index < -0.39 is 0 Å². The van der Waals surface area contributed by atoms with E-state index in [2.05, 4.69) is 31.2 Å². The highest BCUT2D eigenvalue weighted by Gasteiger charge is 2.15. The van der Waals surface area contributed by atoms with E-state index in [1.54, 1.807) is 6.07 Å². The van der Waals surface area contributed by atoms with E-state index in [1.807, 2.05) is 26.8 Å². The average molecular weight is 444 g/mol. The van der Waals surface area contributed by atoms with E-state index in [-0.39, 0.29) is 28.9 Å². The molecule has 9 nitrogen and oxygen atoms in total. The molecule has 10 heteroatoms. The van der Waals surface area contributed by atoms with Gasteiger partial charge in [0.1, 0.15) is 17.7 Å². The number of hydrogen-bond donors (Lipinski definition) is 4. The summed E-state index contributed by atoms with van der Waals surface area (Å²) in [5.74, 6) is 0.420. The normalized spacial score (nSPS) is 11.4. The standard InChI is InChI=1S/C21H26ClN7O2/c1-12(2)27-18-8-19(29-20-17(22)7-15(9-23)10-26-20)25-11-16(18)21(31)24-6-5-13(3)28-14(4)30/h7-8,10-13H,5-6H2,1-4H3,(H,24,31)(H,28,30)(H2,25,26,27,29). The van der Waals surface area contributed by atoms with Gasteiger partial charge in [-0.1, -0.05) is 11.6 Å². The number of pyridine rings is 2. The van der Waals surface area contributed by atoms with E-state index in [9.17, 15) is 9.59 Å². The summed E-state index contributed by atoms with van der Waals surface area (Å²) in [4.78, 5) is 32.2. The topological polar surface area (TPSA) is 132 Å². The van der Waals surface area contributed by atoms with Crippen LogP contribution in [0.15, 0.2) is 24.5 Å². The smallest absolute Gasteiger partial charge is 0.254 e. The molecular formula is C21H26ClN7O2. The lowest BCUT2D eigenvalue weighted by Crippen LogP contribution is -2.35. The van der Waals surface area contributed by atoms with Crippen LogP contribution < -0.4 is 21.3 Å². The Morgan fingerprint density at radius 2 is 1.94 bits per heavy atom. The molecule has 2 heterocycles. The van der Waals surface area contributed by atoms with Crippen LogP contribution in [-0.4, -0.2) is 40.4 Å². The summed E-state index contributed by atoms with van der Waals surface area (Å²) < 4.78 is 0. The maximum Gasteiger partial charge on any atom is 0.254 e. The maximum atomic E-state index is 12.7. The quantitative estimate of drug-likeness (QED) is 0.467. The summed E-state index contributed by atoms with van der Waals surface area (Å²) in [6, 6.07) is 5.22. The lowest BCUT2D eigenvalue weighted by atomic mass is 10.1. The van der Waals surface area contributed by atoms with Crippen LogP contribution in [-0.2, 0) is 4.79 Å². The molecule has 0 saturated carbocycles. The lowest BCUT2D eigenvalue weighted by molar-refractivity contribution is -0.119. The minimum absolute atomic E-state index is 0.0413. The number of nitrogens with zero attached hydrogens (tertiary/aromatic N) is 3. The zero-order valence-electron chi connectivity index (χ0n) is 17.9. The maximum absolute atomic E-state index is 12.7. The first kappa shape index (κ1) is 23.9. The van der Waals surface area contributed by atoms with Crippen molar-refractivity contribution in [3.63, 3.8) is 0 Å². The molecule has 0 aliphatic rings. The fourth-order valence-corrected chi connectivity index (χ4v) is 2.98. The van der Waals surface area contributed by atoms with Gasteiger partial charge in [0.05, 0.1) is 21.8 Å². The number of carbonyl (C=O) groups is 2. The molecule has 2 aromatic rings. The molecule has 0 aromatic carbocycles. The number of hydrogen-bond acceptors (Lipinski definition) is 7. The Kier molecular flexibility index (Phi) is 8.58. The van der Waals surface area contributed by atoms with Crippen LogP contribution in [0, 0.1) is 11.3 Å². The molecule has 0 aliphatic heterocycles. The van der Waals surface area contributed by atoms with Gasteiger partial charge >= 0.3 is 0 Å². The van der Waals surface area contributed by atoms with E-state index in [0.29, 0.717) is 41.4 Å². The Hall–Kier alpha value is -3.38. The summed E-state index contributed by atoms with van der Waals surface area (Å²) in [6.45, 7) is 7.67. The molecule has 1 unspecified atom stereocenters. The number of amides is 2. The lowest BCUT2D eigenvalue weighted by Gasteiger charge is -2.17. The van der Waals surface area contributed by atoms with E-state index in [4.69, 9.17) is 16.9 Å². The molecule has 0 fully saturated rings. The van der Waals surface area contributed by atoms with Crippen molar-refractivity contribution >= 4 is 40.7 Å². The molecule has 2 rings (SSSR count). The van der Waals surface area contributed by atoms with E-state index in [0.717, 1.165) is 0 Å². The Morgan fingerprint density at radius 1 is 1.19 bits per heavy atom. The van der Waals surface area contributed by atoms with Gasteiger partial charge in [-0.25, -0.2) is 9.97 Å². The fraction of sp³-hybridized carbons (Fsp3) is 0.381. The number of carbonyl (C=O) groups excluding carboxylic acids is 2. The largest absolute Gasteiger partial charge is 0.382 e. The first-order valence-electron chi connectivity index (χ1n) is 9.84. The minimum atomic E-state index is -0.272. The molecule has 0 bridgehead atoms. The van der Waals surface area contributed by atoms with Gasteiger partial charge in [0.25, 0.3) is 5.91 Å². The number of aromatic nitrogens is 2. The van der Waals surface area contributed by atoms with E-state index in [1.165, 1.54) is 25.4 Å². The van der Waals surface area contributed by atoms with Crippen LogP contribution in [0.2, 0.25) is 5.02 Å². The highest BCUT2D eigenvalue weighted by molar-refractivity contribution is 6.33. The predicted octanol–water partition coefficient (Wildman–Crippen LogP) is 3.21. The van der Waals surface area contributed by atoms with Gasteiger partial charge in [-0.05, 0) is 33.3 Å². The van der Waals surface area contributed by atoms with Crippen LogP contribution in [0.25, 0.3) is 0 Å². The molecule has 0 saturated heterocycles. The molecule has 1 atom stereocenters. The van der Waals surface area contributed by atoms with Crippen molar-refractivity contribution < 1.29 is 9.59 Å². The van der Waals surface area contributed by atoms with Crippen molar-refractivity contribution in [1.82, 2.24) is 20.6 Å². The Morgan fingerprint density at radius 3 is 2.55 bits per heavy atom. The zero-order valence-corrected chi connectivity index (χ0v) is 18.7. The van der Waals surface area contributed by atoms with Gasteiger partial charge in [-0.3, -0.25) is 9.59 Å². The van der Waals surface area contributed by atoms with Crippen LogP contribution >= 0.6 is 11.6 Å². The molecule has 0 aliphatic carbocycles. The van der Waals surface area contributed by atoms with Crippen molar-refractivity contribution in [2.75, 3.05) is 17.2 Å². The molecule has 2 aromatic heterocycles. The second-order valence-electron chi connectivity index (χ2n) is 7.35. The third-order valence-electron chi connectivity index (χ3n) is 4.12. The summed E-state index contributed by atoms with van der Waals surface area (Å²) >= 11 is 6.17. The first-order valence-corrected chi connectivity index (χ1v) is 10.2. The van der Waals surface area contributed by atoms with Crippen molar-refractivity contribution in [2.24, 2.45) is 0 Å².